The number of hydrogen-bond donors (Lipinski definition) is 0. The van der Waals surface area contributed by atoms with Gasteiger partial charge < -0.3 is 4.42 Å². The van der Waals surface area contributed by atoms with Gasteiger partial charge in [-0.1, -0.05) is 30.3 Å². The molecule has 0 aliphatic rings. The van der Waals surface area contributed by atoms with Gasteiger partial charge in [0, 0.05) is 31.1 Å². The Bertz CT molecular complexity index is 413. The molecular formula is C14H16ClNO. The van der Waals surface area contributed by atoms with Crippen LogP contribution < -0.4 is 0 Å². The largest absolute Gasteiger partial charge is 0.472 e. The molecule has 0 aliphatic carbocycles. The van der Waals surface area contributed by atoms with E-state index < -0.39 is 0 Å². The van der Waals surface area contributed by atoms with E-state index in [1.165, 1.54) is 11.1 Å². The van der Waals surface area contributed by atoms with Gasteiger partial charge in [-0.15, -0.1) is 11.6 Å². The molecule has 2 nitrogen and oxygen atoms in total. The molecular weight excluding hydrogens is 234 g/mol. The van der Waals surface area contributed by atoms with Crippen LogP contribution in [0.15, 0.2) is 53.3 Å². The van der Waals surface area contributed by atoms with E-state index in [4.69, 9.17) is 16.0 Å². The van der Waals surface area contributed by atoms with Crippen molar-refractivity contribution in [1.29, 1.82) is 0 Å². The molecule has 1 aromatic carbocycles. The van der Waals surface area contributed by atoms with Crippen molar-refractivity contribution in [3.05, 3.63) is 60.1 Å². The number of halogens is 1. The van der Waals surface area contributed by atoms with E-state index in [0.717, 1.165) is 19.6 Å². The van der Waals surface area contributed by atoms with Crippen LogP contribution in [-0.4, -0.2) is 17.3 Å². The molecule has 0 fully saturated rings. The second-order valence-corrected chi connectivity index (χ2v) is 4.39. The molecule has 2 rings (SSSR count). The van der Waals surface area contributed by atoms with Crippen molar-refractivity contribution >= 4 is 11.6 Å². The molecule has 0 unspecified atom stereocenters. The van der Waals surface area contributed by atoms with Crippen molar-refractivity contribution in [1.82, 2.24) is 4.90 Å². The average molecular weight is 250 g/mol. The SMILES string of the molecule is ClCCN(Cc1ccccc1)Cc1ccoc1. The Hall–Kier alpha value is -1.25. The highest BCUT2D eigenvalue weighted by molar-refractivity contribution is 6.18. The van der Waals surface area contributed by atoms with E-state index in [0.29, 0.717) is 5.88 Å². The molecule has 2 aromatic rings. The summed E-state index contributed by atoms with van der Waals surface area (Å²) in [4.78, 5) is 2.31. The fraction of sp³-hybridized carbons (Fsp3) is 0.286. The summed E-state index contributed by atoms with van der Waals surface area (Å²) < 4.78 is 5.08. The molecule has 17 heavy (non-hydrogen) atoms. The second-order valence-electron chi connectivity index (χ2n) is 4.02. The van der Waals surface area contributed by atoms with Crippen LogP contribution in [0.3, 0.4) is 0 Å². The van der Waals surface area contributed by atoms with Crippen molar-refractivity contribution in [3.8, 4) is 0 Å². The van der Waals surface area contributed by atoms with E-state index in [2.05, 4.69) is 29.2 Å². The average Bonchev–Trinajstić information content (AvgIpc) is 2.83. The van der Waals surface area contributed by atoms with Crippen molar-refractivity contribution < 1.29 is 4.42 Å². The van der Waals surface area contributed by atoms with Gasteiger partial charge in [-0.05, 0) is 11.6 Å². The van der Waals surface area contributed by atoms with E-state index in [9.17, 15) is 0 Å². The quantitative estimate of drug-likeness (QED) is 0.729. The third-order valence-electron chi connectivity index (χ3n) is 2.64. The van der Waals surface area contributed by atoms with Crippen LogP contribution in [0.5, 0.6) is 0 Å². The fourth-order valence-corrected chi connectivity index (χ4v) is 2.06. The normalized spacial score (nSPS) is 10.9. The summed E-state index contributed by atoms with van der Waals surface area (Å²) in [7, 11) is 0. The van der Waals surface area contributed by atoms with Crippen LogP contribution in [0.2, 0.25) is 0 Å². The van der Waals surface area contributed by atoms with E-state index in [1.54, 1.807) is 12.5 Å². The first-order valence-electron chi connectivity index (χ1n) is 5.72. The highest BCUT2D eigenvalue weighted by Crippen LogP contribution is 2.10. The minimum atomic E-state index is 0.644. The summed E-state index contributed by atoms with van der Waals surface area (Å²) in [6.45, 7) is 2.67. The molecule has 1 heterocycles. The van der Waals surface area contributed by atoms with Gasteiger partial charge in [0.1, 0.15) is 0 Å². The lowest BCUT2D eigenvalue weighted by molar-refractivity contribution is 0.272. The summed E-state index contributed by atoms with van der Waals surface area (Å²) in [5.41, 5.74) is 2.49. The Kier molecular flexibility index (Phi) is 4.65. The van der Waals surface area contributed by atoms with E-state index in [1.807, 2.05) is 12.1 Å². The van der Waals surface area contributed by atoms with Gasteiger partial charge in [-0.2, -0.15) is 0 Å². The van der Waals surface area contributed by atoms with Crippen molar-refractivity contribution in [2.45, 2.75) is 13.1 Å². The Morgan fingerprint density at radius 1 is 1.00 bits per heavy atom. The summed E-state index contributed by atoms with van der Waals surface area (Å²) in [5.74, 6) is 0.644. The number of rotatable bonds is 6. The Morgan fingerprint density at radius 2 is 1.76 bits per heavy atom. The first-order chi connectivity index (χ1) is 8.38. The molecule has 0 bridgehead atoms. The molecule has 0 spiro atoms. The topological polar surface area (TPSA) is 16.4 Å². The molecule has 3 heteroatoms. The Labute approximate surface area is 107 Å². The van der Waals surface area contributed by atoms with Gasteiger partial charge in [0.25, 0.3) is 0 Å². The maximum absolute atomic E-state index is 5.84. The highest BCUT2D eigenvalue weighted by atomic mass is 35.5. The number of furan rings is 1. The van der Waals surface area contributed by atoms with Crippen molar-refractivity contribution in [2.75, 3.05) is 12.4 Å². The molecule has 0 atom stereocenters. The van der Waals surface area contributed by atoms with Crippen LogP contribution in [-0.2, 0) is 13.1 Å². The predicted molar refractivity (Wildman–Crippen MR) is 70.0 cm³/mol. The van der Waals surface area contributed by atoms with Crippen molar-refractivity contribution in [3.63, 3.8) is 0 Å². The lowest BCUT2D eigenvalue weighted by Crippen LogP contribution is -2.24. The minimum Gasteiger partial charge on any atom is -0.472 e. The third kappa shape index (κ3) is 3.91. The summed E-state index contributed by atoms with van der Waals surface area (Å²) in [6.07, 6.45) is 3.49. The van der Waals surface area contributed by atoms with Crippen molar-refractivity contribution in [2.24, 2.45) is 0 Å². The van der Waals surface area contributed by atoms with Crippen LogP contribution >= 0.6 is 11.6 Å². The smallest absolute Gasteiger partial charge is 0.0947 e. The van der Waals surface area contributed by atoms with Crippen LogP contribution in [0, 0.1) is 0 Å². The maximum atomic E-state index is 5.84. The summed E-state index contributed by atoms with van der Waals surface area (Å²) in [5, 5.41) is 0. The number of nitrogens with zero attached hydrogens (tertiary/aromatic N) is 1. The second kappa shape index (κ2) is 6.48. The molecule has 0 amide bonds. The lowest BCUT2D eigenvalue weighted by atomic mass is 10.2. The van der Waals surface area contributed by atoms with Gasteiger partial charge in [0.2, 0.25) is 0 Å². The molecule has 90 valence electrons. The zero-order chi connectivity index (χ0) is 11.9. The highest BCUT2D eigenvalue weighted by Gasteiger charge is 2.07. The molecule has 1 aromatic heterocycles. The molecule has 0 radical (unpaired) electrons. The van der Waals surface area contributed by atoms with Gasteiger partial charge >= 0.3 is 0 Å². The van der Waals surface area contributed by atoms with E-state index >= 15 is 0 Å². The van der Waals surface area contributed by atoms with Gasteiger partial charge in [0.05, 0.1) is 12.5 Å². The van der Waals surface area contributed by atoms with Crippen LogP contribution in [0.4, 0.5) is 0 Å². The molecule has 0 saturated carbocycles. The summed E-state index contributed by atoms with van der Waals surface area (Å²) >= 11 is 5.84. The standard InChI is InChI=1S/C14H16ClNO/c15-7-8-16(11-14-6-9-17-12-14)10-13-4-2-1-3-5-13/h1-6,9,12H,7-8,10-11H2. The first-order valence-corrected chi connectivity index (χ1v) is 6.25. The van der Waals surface area contributed by atoms with Gasteiger partial charge in [0.15, 0.2) is 0 Å². The van der Waals surface area contributed by atoms with Gasteiger partial charge in [-0.25, -0.2) is 0 Å². The van der Waals surface area contributed by atoms with Crippen LogP contribution in [0.25, 0.3) is 0 Å². The summed E-state index contributed by atoms with van der Waals surface area (Å²) in [6, 6.07) is 12.4. The monoisotopic (exact) mass is 249 g/mol. The number of alkyl halides is 1. The number of benzene rings is 1. The predicted octanol–water partition coefficient (Wildman–Crippen LogP) is 3.52. The lowest BCUT2D eigenvalue weighted by Gasteiger charge is -2.20. The maximum Gasteiger partial charge on any atom is 0.0947 e. The van der Waals surface area contributed by atoms with E-state index in [-0.39, 0.29) is 0 Å². The zero-order valence-electron chi connectivity index (χ0n) is 9.68. The Morgan fingerprint density at radius 3 is 2.41 bits per heavy atom. The van der Waals surface area contributed by atoms with Crippen LogP contribution in [0.1, 0.15) is 11.1 Å². The minimum absolute atomic E-state index is 0.644. The first kappa shape index (κ1) is 12.2. The number of hydrogen-bond acceptors (Lipinski definition) is 2. The van der Waals surface area contributed by atoms with Gasteiger partial charge in [-0.3, -0.25) is 4.90 Å². The molecule has 0 N–H and O–H groups in total. The Balaban J connectivity index is 1.97. The fourth-order valence-electron chi connectivity index (χ4n) is 1.82. The third-order valence-corrected chi connectivity index (χ3v) is 2.81. The molecule has 0 saturated heterocycles. The molecule has 0 aliphatic heterocycles. The zero-order valence-corrected chi connectivity index (χ0v) is 10.4.